The zero-order valence-electron chi connectivity index (χ0n) is 28.6. The Bertz CT molecular complexity index is 1150. The summed E-state index contributed by atoms with van der Waals surface area (Å²) in [6, 6.07) is 3.73. The summed E-state index contributed by atoms with van der Waals surface area (Å²) in [5.74, 6) is 1.13. The number of rotatable bonds is 7. The average Bonchev–Trinajstić information content (AvgIpc) is 3.58. The highest BCUT2D eigenvalue weighted by molar-refractivity contribution is 5.71. The number of ether oxygens (including phenoxy) is 2. The number of nitrogens with zero attached hydrogens (tertiary/aromatic N) is 5. The summed E-state index contributed by atoms with van der Waals surface area (Å²) >= 11 is 0. The van der Waals surface area contributed by atoms with E-state index >= 15 is 0 Å². The van der Waals surface area contributed by atoms with Crippen LogP contribution in [0.1, 0.15) is 83.4 Å². The lowest BCUT2D eigenvalue weighted by Crippen LogP contribution is -2.40. The van der Waals surface area contributed by atoms with E-state index in [0.29, 0.717) is 24.1 Å². The summed E-state index contributed by atoms with van der Waals surface area (Å²) in [5, 5.41) is 17.0. The maximum Gasteiger partial charge on any atom is 0.407 e. The predicted molar refractivity (Wildman–Crippen MR) is 174 cm³/mol. The van der Waals surface area contributed by atoms with Crippen molar-refractivity contribution in [2.45, 2.75) is 85.0 Å². The molecule has 0 radical (unpaired) electrons. The van der Waals surface area contributed by atoms with Crippen LogP contribution in [0.2, 0.25) is 0 Å². The summed E-state index contributed by atoms with van der Waals surface area (Å²) in [5.41, 5.74) is 1.00. The summed E-state index contributed by atoms with van der Waals surface area (Å²) in [4.78, 5) is 35.5. The Hall–Kier alpha value is -3.45. The number of aryl methyl sites for hydroxylation is 2. The number of aromatic nitrogens is 4. The number of alkyl carbamates (subject to hydrolysis) is 2. The van der Waals surface area contributed by atoms with Gasteiger partial charge in [-0.1, -0.05) is 0 Å². The third-order valence-corrected chi connectivity index (χ3v) is 7.32. The molecule has 2 saturated heterocycles. The number of carbonyl (C=O) groups excluding carboxylic acids is 3. The third kappa shape index (κ3) is 16.4. The quantitative estimate of drug-likeness (QED) is 0.387. The molecule has 0 unspecified atom stereocenters. The fraction of sp³-hybridized carbons (Fsp3) is 0.719. The molecule has 0 spiro atoms. The molecule has 3 N–H and O–H groups in total. The molecule has 13 heteroatoms. The Balaban J connectivity index is 0.000000263. The molecule has 0 aromatic carbocycles. The van der Waals surface area contributed by atoms with E-state index in [0.717, 1.165) is 71.2 Å². The van der Waals surface area contributed by atoms with Gasteiger partial charge in [0.15, 0.2) is 6.29 Å². The van der Waals surface area contributed by atoms with Gasteiger partial charge in [0.1, 0.15) is 16.9 Å². The van der Waals surface area contributed by atoms with Crippen LogP contribution in [-0.4, -0.2) is 93.4 Å². The van der Waals surface area contributed by atoms with Gasteiger partial charge < -0.3 is 25.4 Å². The molecule has 45 heavy (non-hydrogen) atoms. The Morgan fingerprint density at radius 1 is 0.844 bits per heavy atom. The lowest BCUT2D eigenvalue weighted by Gasteiger charge is -2.32. The predicted octanol–water partition coefficient (Wildman–Crippen LogP) is 3.90. The number of amides is 2. The number of carbonyl (C=O) groups is 3. The normalized spacial score (nSPS) is 16.4. The molecule has 0 bridgehead atoms. The first-order valence-electron chi connectivity index (χ1n) is 15.9. The van der Waals surface area contributed by atoms with Crippen LogP contribution in [0.4, 0.5) is 9.59 Å². The number of likely N-dealkylation sites (tertiary alicyclic amines) is 1. The van der Waals surface area contributed by atoms with E-state index in [1.807, 2.05) is 59.5 Å². The molecule has 2 aliphatic heterocycles. The molecule has 254 valence electrons. The molecule has 0 atom stereocenters. The minimum absolute atomic E-state index is 0.305. The molecular weight excluding hydrogens is 576 g/mol. The number of nitrogens with one attached hydrogen (secondary N) is 3. The lowest BCUT2D eigenvalue weighted by atomic mass is 9.97. The third-order valence-electron chi connectivity index (χ3n) is 7.32. The summed E-state index contributed by atoms with van der Waals surface area (Å²) < 4.78 is 13.9. The second-order valence-corrected chi connectivity index (χ2v) is 13.6. The second-order valence-electron chi connectivity index (χ2n) is 13.6. The highest BCUT2D eigenvalue weighted by Gasteiger charge is 2.22. The van der Waals surface area contributed by atoms with Crippen molar-refractivity contribution in [3.8, 4) is 0 Å². The molecule has 13 nitrogen and oxygen atoms in total. The van der Waals surface area contributed by atoms with Crippen molar-refractivity contribution in [2.75, 3.05) is 39.3 Å². The van der Waals surface area contributed by atoms with E-state index in [9.17, 15) is 14.4 Å². The maximum absolute atomic E-state index is 11.7. The fourth-order valence-corrected chi connectivity index (χ4v) is 4.80. The number of hydrogen-bond donors (Lipinski definition) is 3. The first-order valence-corrected chi connectivity index (χ1v) is 15.9. The van der Waals surface area contributed by atoms with Crippen molar-refractivity contribution >= 4 is 18.5 Å². The van der Waals surface area contributed by atoms with Gasteiger partial charge in [0, 0.05) is 46.1 Å². The van der Waals surface area contributed by atoms with Crippen molar-refractivity contribution in [1.29, 1.82) is 0 Å². The van der Waals surface area contributed by atoms with Crippen LogP contribution in [0.15, 0.2) is 24.5 Å². The Labute approximate surface area is 268 Å². The summed E-state index contributed by atoms with van der Waals surface area (Å²) in [7, 11) is 3.70. The molecule has 4 heterocycles. The van der Waals surface area contributed by atoms with Gasteiger partial charge in [-0.15, -0.1) is 0 Å². The van der Waals surface area contributed by atoms with Crippen molar-refractivity contribution in [2.24, 2.45) is 25.9 Å². The number of piperidine rings is 2. The summed E-state index contributed by atoms with van der Waals surface area (Å²) in [6.45, 7) is 17.9. The molecule has 0 saturated carbocycles. The van der Waals surface area contributed by atoms with Crippen LogP contribution in [0.25, 0.3) is 0 Å². The lowest BCUT2D eigenvalue weighted by molar-refractivity contribution is 0.0501. The number of hydrogen-bond acceptors (Lipinski definition) is 9. The van der Waals surface area contributed by atoms with Gasteiger partial charge >= 0.3 is 12.2 Å². The molecule has 2 aromatic rings. The number of aldehydes is 1. The fourth-order valence-electron chi connectivity index (χ4n) is 4.80. The zero-order valence-corrected chi connectivity index (χ0v) is 28.6. The van der Waals surface area contributed by atoms with Crippen molar-refractivity contribution < 1.29 is 23.9 Å². The first kappa shape index (κ1) is 37.7. The van der Waals surface area contributed by atoms with Crippen molar-refractivity contribution in [1.82, 2.24) is 40.4 Å². The van der Waals surface area contributed by atoms with Gasteiger partial charge in [-0.05, 0) is 117 Å². The van der Waals surface area contributed by atoms with Crippen LogP contribution < -0.4 is 16.0 Å². The maximum atomic E-state index is 11.7. The van der Waals surface area contributed by atoms with Gasteiger partial charge in [0.05, 0.1) is 5.69 Å². The molecule has 2 aliphatic rings. The van der Waals surface area contributed by atoms with E-state index in [4.69, 9.17) is 9.47 Å². The van der Waals surface area contributed by atoms with E-state index in [-0.39, 0.29) is 12.2 Å². The van der Waals surface area contributed by atoms with E-state index < -0.39 is 11.2 Å². The molecular formula is C32H56N8O5. The van der Waals surface area contributed by atoms with Gasteiger partial charge in [-0.3, -0.25) is 19.1 Å². The molecule has 2 fully saturated rings. The van der Waals surface area contributed by atoms with Crippen LogP contribution in [0, 0.1) is 11.8 Å². The highest BCUT2D eigenvalue weighted by Crippen LogP contribution is 2.18. The largest absolute Gasteiger partial charge is 0.444 e. The van der Waals surface area contributed by atoms with Gasteiger partial charge in [0.25, 0.3) is 0 Å². The standard InChI is InChI=1S/C16H28N4O2.C11H22N2O2.C5H6N2O/c1-16(2,3)22-15(21)17-11-13-6-9-20(10-7-13)12-14-5-8-18-19(14)4;1-11(2,3)15-10(14)13-8-9-4-6-12-7-5-9;1-7-5(4-8)2-3-6-7/h5,8,13H,6-7,9-12H2,1-4H3,(H,17,21);9,12H,4-8H2,1-3H3,(H,13,14);2-4H,1H3. The topological polar surface area (TPSA) is 145 Å². The second kappa shape index (κ2) is 18.5. The Morgan fingerprint density at radius 2 is 1.33 bits per heavy atom. The Morgan fingerprint density at radius 3 is 1.73 bits per heavy atom. The van der Waals surface area contributed by atoms with Crippen LogP contribution in [-0.2, 0) is 30.1 Å². The molecule has 2 amide bonds. The minimum Gasteiger partial charge on any atom is -0.444 e. The zero-order chi connectivity index (χ0) is 33.5. The van der Waals surface area contributed by atoms with Crippen molar-refractivity contribution in [3.63, 3.8) is 0 Å². The van der Waals surface area contributed by atoms with E-state index in [1.165, 1.54) is 10.4 Å². The molecule has 2 aromatic heterocycles. The first-order chi connectivity index (χ1) is 21.1. The summed E-state index contributed by atoms with van der Waals surface area (Å²) in [6.07, 6.45) is 8.06. The Kier molecular flexibility index (Phi) is 15.5. The smallest absolute Gasteiger partial charge is 0.407 e. The van der Waals surface area contributed by atoms with Gasteiger partial charge in [0.2, 0.25) is 0 Å². The van der Waals surface area contributed by atoms with Crippen LogP contribution >= 0.6 is 0 Å². The van der Waals surface area contributed by atoms with E-state index in [1.54, 1.807) is 19.3 Å². The van der Waals surface area contributed by atoms with E-state index in [2.05, 4.69) is 37.1 Å². The van der Waals surface area contributed by atoms with Gasteiger partial charge in [-0.2, -0.15) is 10.2 Å². The highest BCUT2D eigenvalue weighted by atomic mass is 16.6. The SMILES string of the molecule is CC(C)(C)OC(=O)NCC1CCNCC1.Cn1nccc1C=O.Cn1nccc1CN1CCC(CNC(=O)OC(C)(C)C)CC1. The van der Waals surface area contributed by atoms with Crippen LogP contribution in [0.5, 0.6) is 0 Å². The van der Waals surface area contributed by atoms with Crippen LogP contribution in [0.3, 0.4) is 0 Å². The minimum atomic E-state index is -0.434. The molecule has 0 aliphatic carbocycles. The van der Waals surface area contributed by atoms with Gasteiger partial charge in [-0.25, -0.2) is 9.59 Å². The van der Waals surface area contributed by atoms with Crippen molar-refractivity contribution in [3.05, 3.63) is 35.9 Å². The monoisotopic (exact) mass is 632 g/mol. The molecule has 4 rings (SSSR count). The average molecular weight is 633 g/mol.